The molecule has 38 heavy (non-hydrogen) atoms. The molecule has 0 spiro atoms. The summed E-state index contributed by atoms with van der Waals surface area (Å²) in [4.78, 5) is 24.1. The molecule has 5 nitrogen and oxygen atoms in total. The zero-order chi connectivity index (χ0) is 29.1. The quantitative estimate of drug-likeness (QED) is 0.128. The molecule has 15 heteroatoms. The molecule has 0 amide bonds. The Kier molecular flexibility index (Phi) is 9.23. The lowest BCUT2D eigenvalue weighted by Crippen LogP contribution is -2.62. The number of carbonyl (C=O) groups excluding carboxylic acids is 2. The second-order valence-electron chi connectivity index (χ2n) is 8.17. The molecule has 0 saturated carbocycles. The van der Waals surface area contributed by atoms with Crippen molar-refractivity contribution in [1.82, 2.24) is 0 Å². The van der Waals surface area contributed by atoms with Gasteiger partial charge in [0.05, 0.1) is 5.56 Å². The van der Waals surface area contributed by atoms with Crippen molar-refractivity contribution in [3.63, 3.8) is 0 Å². The van der Waals surface area contributed by atoms with Crippen molar-refractivity contribution in [3.8, 4) is 17.2 Å². The van der Waals surface area contributed by atoms with Gasteiger partial charge in [-0.15, -0.1) is 11.6 Å². The smallest absolute Gasteiger partial charge is 0.428 e. The van der Waals surface area contributed by atoms with E-state index in [2.05, 4.69) is 4.74 Å². The monoisotopic (exact) mass is 580 g/mol. The summed E-state index contributed by atoms with van der Waals surface area (Å²) >= 11 is 5.94. The van der Waals surface area contributed by atoms with E-state index in [0.717, 1.165) is 0 Å². The summed E-state index contributed by atoms with van der Waals surface area (Å²) in [5, 5.41) is -0.883. The first-order valence-corrected chi connectivity index (χ1v) is 10.9. The SMILES string of the molecule is CC(C)CC(Cl)C(=O)Oc1ccc(OC(=O)c2ccc(OC(F)(F)C(F)(F)C(F)(F)C(F)(F)F)cc2)cc1. The molecule has 2 rings (SSSR count). The molecule has 0 aromatic heterocycles. The van der Waals surface area contributed by atoms with Gasteiger partial charge in [-0.3, -0.25) is 4.79 Å². The zero-order valence-electron chi connectivity index (χ0n) is 19.3. The van der Waals surface area contributed by atoms with Crippen molar-refractivity contribution in [1.29, 1.82) is 0 Å². The van der Waals surface area contributed by atoms with Crippen LogP contribution in [-0.2, 0) is 4.79 Å². The fourth-order valence-electron chi connectivity index (χ4n) is 2.66. The number of benzene rings is 2. The average Bonchev–Trinajstić information content (AvgIpc) is 2.79. The number of ether oxygens (including phenoxy) is 3. The summed E-state index contributed by atoms with van der Waals surface area (Å²) in [6, 6.07) is 7.33. The number of rotatable bonds is 10. The first kappa shape index (κ1) is 31.1. The van der Waals surface area contributed by atoms with E-state index in [1.54, 1.807) is 0 Å². The average molecular weight is 581 g/mol. The maximum absolute atomic E-state index is 13.6. The van der Waals surface area contributed by atoms with E-state index in [4.69, 9.17) is 21.1 Å². The Morgan fingerprint density at radius 1 is 0.737 bits per heavy atom. The van der Waals surface area contributed by atoms with Gasteiger partial charge in [0, 0.05) is 0 Å². The largest absolute Gasteiger partial charge is 0.471 e. The highest BCUT2D eigenvalue weighted by Gasteiger charge is 2.83. The fraction of sp³-hybridized carbons (Fsp3) is 0.391. The predicted octanol–water partition coefficient (Wildman–Crippen LogP) is 7.27. The number of carbonyl (C=O) groups is 2. The van der Waals surface area contributed by atoms with Gasteiger partial charge in [-0.25, -0.2) is 4.79 Å². The number of alkyl halides is 10. The van der Waals surface area contributed by atoms with Gasteiger partial charge in [0.2, 0.25) is 0 Å². The molecule has 0 aliphatic heterocycles. The van der Waals surface area contributed by atoms with E-state index in [-0.39, 0.29) is 23.0 Å². The highest BCUT2D eigenvalue weighted by atomic mass is 35.5. The third kappa shape index (κ3) is 7.03. The van der Waals surface area contributed by atoms with Crippen LogP contribution >= 0.6 is 11.6 Å². The van der Waals surface area contributed by atoms with Crippen LogP contribution in [0.15, 0.2) is 48.5 Å². The Bertz CT molecular complexity index is 1120. The normalized spacial score (nSPS) is 13.7. The predicted molar refractivity (Wildman–Crippen MR) is 114 cm³/mol. The molecule has 0 N–H and O–H groups in total. The number of esters is 2. The third-order valence-corrected chi connectivity index (χ3v) is 5.00. The topological polar surface area (TPSA) is 61.8 Å². The van der Waals surface area contributed by atoms with Crippen molar-refractivity contribution < 1.29 is 63.3 Å². The second kappa shape index (κ2) is 11.3. The van der Waals surface area contributed by atoms with E-state index in [0.29, 0.717) is 30.7 Å². The highest BCUT2D eigenvalue weighted by Crippen LogP contribution is 2.53. The van der Waals surface area contributed by atoms with Crippen LogP contribution in [-0.4, -0.2) is 41.4 Å². The Morgan fingerprint density at radius 2 is 1.18 bits per heavy atom. The first-order chi connectivity index (χ1) is 17.3. The lowest BCUT2D eigenvalue weighted by atomic mass is 10.1. The third-order valence-electron chi connectivity index (χ3n) is 4.64. The summed E-state index contributed by atoms with van der Waals surface area (Å²) in [5.74, 6) is -17.0. The van der Waals surface area contributed by atoms with Gasteiger partial charge in [-0.2, -0.15) is 39.5 Å². The summed E-state index contributed by atoms with van der Waals surface area (Å²) in [5.41, 5.74) is -0.359. The van der Waals surface area contributed by atoms with Crippen molar-refractivity contribution in [2.24, 2.45) is 5.92 Å². The van der Waals surface area contributed by atoms with Gasteiger partial charge in [-0.05, 0) is 60.9 Å². The molecule has 1 unspecified atom stereocenters. The van der Waals surface area contributed by atoms with Crippen LogP contribution in [0.5, 0.6) is 17.2 Å². The maximum Gasteiger partial charge on any atom is 0.471 e. The minimum absolute atomic E-state index is 0.0692. The van der Waals surface area contributed by atoms with E-state index >= 15 is 0 Å². The van der Waals surface area contributed by atoms with Crippen LogP contribution in [0.1, 0.15) is 30.6 Å². The van der Waals surface area contributed by atoms with Crippen LogP contribution < -0.4 is 14.2 Å². The van der Waals surface area contributed by atoms with Gasteiger partial charge < -0.3 is 14.2 Å². The highest BCUT2D eigenvalue weighted by molar-refractivity contribution is 6.30. The van der Waals surface area contributed by atoms with Crippen molar-refractivity contribution in [2.75, 3.05) is 0 Å². The van der Waals surface area contributed by atoms with Crippen LogP contribution in [0.2, 0.25) is 0 Å². The van der Waals surface area contributed by atoms with Gasteiger partial charge >= 0.3 is 36.1 Å². The van der Waals surface area contributed by atoms with E-state index in [1.165, 1.54) is 24.3 Å². The van der Waals surface area contributed by atoms with Crippen LogP contribution in [0, 0.1) is 5.92 Å². The molecule has 210 valence electrons. The summed E-state index contributed by atoms with van der Waals surface area (Å²) < 4.78 is 130. The maximum atomic E-state index is 13.6. The molecule has 0 heterocycles. The molecular formula is C23H18ClF9O5. The Balaban J connectivity index is 2.04. The van der Waals surface area contributed by atoms with E-state index in [9.17, 15) is 49.1 Å². The number of halogens is 10. The lowest BCUT2D eigenvalue weighted by molar-refractivity contribution is -0.428. The van der Waals surface area contributed by atoms with Crippen LogP contribution in [0.25, 0.3) is 0 Å². The molecule has 1 atom stereocenters. The lowest BCUT2D eigenvalue weighted by Gasteiger charge is -2.33. The summed E-state index contributed by atoms with van der Waals surface area (Å²) in [6.45, 7) is 3.72. The molecule has 2 aromatic rings. The number of hydrogen-bond donors (Lipinski definition) is 0. The summed E-state index contributed by atoms with van der Waals surface area (Å²) in [7, 11) is 0. The van der Waals surface area contributed by atoms with Crippen molar-refractivity contribution in [2.45, 2.75) is 49.8 Å². The molecular weight excluding hydrogens is 563 g/mol. The van der Waals surface area contributed by atoms with Gasteiger partial charge in [0.15, 0.2) is 0 Å². The molecule has 0 saturated heterocycles. The van der Waals surface area contributed by atoms with Crippen LogP contribution in [0.4, 0.5) is 39.5 Å². The Hall–Kier alpha value is -3.16. The molecule has 0 aliphatic carbocycles. The Labute approximate surface area is 214 Å². The molecule has 0 bridgehead atoms. The molecule has 0 aliphatic rings. The van der Waals surface area contributed by atoms with E-state index in [1.807, 2.05) is 13.8 Å². The van der Waals surface area contributed by atoms with Crippen molar-refractivity contribution in [3.05, 3.63) is 54.1 Å². The van der Waals surface area contributed by atoms with Crippen LogP contribution in [0.3, 0.4) is 0 Å². The standard InChI is InChI=1S/C23H18ClF9O5/c1-12(2)11-17(24)19(35)37-15-9-7-14(8-10-15)36-18(34)13-3-5-16(6-4-13)38-23(32,33)21(27,28)20(25,26)22(29,30)31/h3-10,12,17H,11H2,1-2H3. The van der Waals surface area contributed by atoms with Gasteiger partial charge in [0.1, 0.15) is 22.6 Å². The minimum atomic E-state index is -7.11. The van der Waals surface area contributed by atoms with Crippen molar-refractivity contribution >= 4 is 23.5 Å². The molecule has 2 aromatic carbocycles. The molecule has 0 fully saturated rings. The zero-order valence-corrected chi connectivity index (χ0v) is 20.1. The van der Waals surface area contributed by atoms with Gasteiger partial charge in [0.25, 0.3) is 0 Å². The Morgan fingerprint density at radius 3 is 1.63 bits per heavy atom. The fourth-order valence-corrected chi connectivity index (χ4v) is 3.06. The minimum Gasteiger partial charge on any atom is -0.428 e. The van der Waals surface area contributed by atoms with E-state index < -0.39 is 47.2 Å². The molecule has 0 radical (unpaired) electrons. The van der Waals surface area contributed by atoms with Gasteiger partial charge in [-0.1, -0.05) is 13.8 Å². The summed E-state index contributed by atoms with van der Waals surface area (Å²) in [6.07, 6.45) is -12.9. The first-order valence-electron chi connectivity index (χ1n) is 10.5. The number of hydrogen-bond acceptors (Lipinski definition) is 5. The second-order valence-corrected chi connectivity index (χ2v) is 8.70.